The summed E-state index contributed by atoms with van der Waals surface area (Å²) in [7, 11) is 0. The molecule has 124 valence electrons. The number of likely N-dealkylation sites (tertiary alicyclic amines) is 1. The van der Waals surface area contributed by atoms with Gasteiger partial charge in [0.15, 0.2) is 0 Å². The van der Waals surface area contributed by atoms with Crippen LogP contribution in [0.15, 0.2) is 24.3 Å². The molecule has 0 bridgehead atoms. The van der Waals surface area contributed by atoms with Gasteiger partial charge < -0.3 is 20.2 Å². The van der Waals surface area contributed by atoms with Crippen molar-refractivity contribution in [1.29, 1.82) is 0 Å². The van der Waals surface area contributed by atoms with Gasteiger partial charge in [-0.3, -0.25) is 4.79 Å². The zero-order chi connectivity index (χ0) is 16.2. The van der Waals surface area contributed by atoms with Gasteiger partial charge in [0.1, 0.15) is 0 Å². The van der Waals surface area contributed by atoms with Crippen molar-refractivity contribution in [3.05, 3.63) is 24.3 Å². The summed E-state index contributed by atoms with van der Waals surface area (Å²) in [5.41, 5.74) is 1.60. The van der Waals surface area contributed by atoms with E-state index in [1.165, 1.54) is 0 Å². The van der Waals surface area contributed by atoms with Crippen LogP contribution in [-0.4, -0.2) is 48.2 Å². The number of benzene rings is 1. The zero-order valence-electron chi connectivity index (χ0n) is 13.2. The highest BCUT2D eigenvalue weighted by Gasteiger charge is 2.24. The Morgan fingerprint density at radius 1 is 1.22 bits per heavy atom. The second-order valence-corrected chi connectivity index (χ2v) is 6.26. The molecule has 1 aromatic rings. The Kier molecular flexibility index (Phi) is 4.81. The van der Waals surface area contributed by atoms with E-state index in [4.69, 9.17) is 0 Å². The first-order valence-corrected chi connectivity index (χ1v) is 8.24. The van der Waals surface area contributed by atoms with Gasteiger partial charge in [0.2, 0.25) is 5.91 Å². The van der Waals surface area contributed by atoms with Crippen LogP contribution in [0.5, 0.6) is 0 Å². The molecular formula is C17H23N3O3. The molecule has 1 atom stereocenters. The van der Waals surface area contributed by atoms with Crippen molar-refractivity contribution in [1.82, 2.24) is 4.90 Å². The molecule has 2 aliphatic heterocycles. The zero-order valence-corrected chi connectivity index (χ0v) is 13.2. The van der Waals surface area contributed by atoms with E-state index < -0.39 is 0 Å². The molecular weight excluding hydrogens is 294 g/mol. The van der Waals surface area contributed by atoms with Crippen molar-refractivity contribution < 1.29 is 14.7 Å². The summed E-state index contributed by atoms with van der Waals surface area (Å²) < 4.78 is 0. The van der Waals surface area contributed by atoms with Crippen LogP contribution in [0.25, 0.3) is 0 Å². The second-order valence-electron chi connectivity index (χ2n) is 6.26. The van der Waals surface area contributed by atoms with Gasteiger partial charge in [-0.1, -0.05) is 0 Å². The van der Waals surface area contributed by atoms with Gasteiger partial charge in [-0.25, -0.2) is 4.79 Å². The van der Waals surface area contributed by atoms with Gasteiger partial charge in [0.25, 0.3) is 0 Å². The van der Waals surface area contributed by atoms with Crippen LogP contribution in [0, 0.1) is 5.92 Å². The number of aliphatic hydroxyl groups is 1. The molecule has 1 aromatic carbocycles. The van der Waals surface area contributed by atoms with Gasteiger partial charge >= 0.3 is 6.03 Å². The van der Waals surface area contributed by atoms with Crippen molar-refractivity contribution >= 4 is 23.3 Å². The number of nitrogens with zero attached hydrogens (tertiary/aromatic N) is 2. The van der Waals surface area contributed by atoms with E-state index in [1.54, 1.807) is 9.80 Å². The van der Waals surface area contributed by atoms with Crippen LogP contribution in [-0.2, 0) is 4.79 Å². The van der Waals surface area contributed by atoms with Gasteiger partial charge in [0, 0.05) is 44.0 Å². The molecule has 2 N–H and O–H groups in total. The first-order chi connectivity index (χ1) is 11.2. The lowest BCUT2D eigenvalue weighted by Gasteiger charge is -2.31. The molecule has 6 heteroatoms. The molecule has 6 nitrogen and oxygen atoms in total. The lowest BCUT2D eigenvalue weighted by Crippen LogP contribution is -2.43. The Morgan fingerprint density at radius 3 is 2.65 bits per heavy atom. The average molecular weight is 317 g/mol. The van der Waals surface area contributed by atoms with E-state index >= 15 is 0 Å². The molecule has 2 aliphatic rings. The van der Waals surface area contributed by atoms with E-state index in [0.29, 0.717) is 13.0 Å². The Bertz CT molecular complexity index is 573. The van der Waals surface area contributed by atoms with Crippen molar-refractivity contribution in [2.24, 2.45) is 5.92 Å². The normalized spacial score (nSPS) is 21.6. The quantitative estimate of drug-likeness (QED) is 0.896. The summed E-state index contributed by atoms with van der Waals surface area (Å²) >= 11 is 0. The molecule has 3 rings (SSSR count). The molecule has 0 unspecified atom stereocenters. The molecule has 0 saturated carbocycles. The van der Waals surface area contributed by atoms with Crippen molar-refractivity contribution in [3.63, 3.8) is 0 Å². The van der Waals surface area contributed by atoms with Gasteiger partial charge in [-0.2, -0.15) is 0 Å². The third-order valence-electron chi connectivity index (χ3n) is 4.57. The second kappa shape index (κ2) is 7.00. The summed E-state index contributed by atoms with van der Waals surface area (Å²) in [6, 6.07) is 7.25. The number of carbonyl (C=O) groups excluding carboxylic acids is 2. The van der Waals surface area contributed by atoms with E-state index in [1.807, 2.05) is 24.3 Å². The number of urea groups is 1. The Balaban J connectivity index is 1.59. The smallest absolute Gasteiger partial charge is 0.321 e. The Hall–Kier alpha value is -2.08. The highest BCUT2D eigenvalue weighted by molar-refractivity contribution is 5.96. The Morgan fingerprint density at radius 2 is 2.00 bits per heavy atom. The fourth-order valence-electron chi connectivity index (χ4n) is 3.25. The molecule has 2 fully saturated rings. The number of amides is 3. The average Bonchev–Trinajstić information content (AvgIpc) is 3.01. The third-order valence-corrected chi connectivity index (χ3v) is 4.57. The maximum atomic E-state index is 12.3. The minimum Gasteiger partial charge on any atom is -0.396 e. The van der Waals surface area contributed by atoms with E-state index in [-0.39, 0.29) is 24.5 Å². The molecule has 3 amide bonds. The minimum absolute atomic E-state index is 0.127. The predicted octanol–water partition coefficient (Wildman–Crippen LogP) is 2.05. The largest absolute Gasteiger partial charge is 0.396 e. The fourth-order valence-corrected chi connectivity index (χ4v) is 3.25. The molecule has 2 heterocycles. The molecule has 0 aliphatic carbocycles. The number of anilines is 2. The maximum absolute atomic E-state index is 12.3. The summed E-state index contributed by atoms with van der Waals surface area (Å²) in [5, 5.41) is 12.1. The number of carbonyl (C=O) groups is 2. The summed E-state index contributed by atoms with van der Waals surface area (Å²) in [4.78, 5) is 27.6. The Labute approximate surface area is 136 Å². The van der Waals surface area contributed by atoms with Crippen molar-refractivity contribution in [2.45, 2.75) is 25.7 Å². The number of hydrogen-bond acceptors (Lipinski definition) is 3. The van der Waals surface area contributed by atoms with Crippen molar-refractivity contribution in [3.8, 4) is 0 Å². The van der Waals surface area contributed by atoms with Crippen LogP contribution < -0.4 is 10.2 Å². The van der Waals surface area contributed by atoms with Gasteiger partial charge in [0.05, 0.1) is 0 Å². The monoisotopic (exact) mass is 317 g/mol. The van der Waals surface area contributed by atoms with Crippen LogP contribution in [0.2, 0.25) is 0 Å². The van der Waals surface area contributed by atoms with Crippen LogP contribution in [0.4, 0.5) is 16.2 Å². The minimum atomic E-state index is -0.131. The highest BCUT2D eigenvalue weighted by atomic mass is 16.3. The number of hydrogen-bond donors (Lipinski definition) is 2. The van der Waals surface area contributed by atoms with Crippen LogP contribution >= 0.6 is 0 Å². The lowest BCUT2D eigenvalue weighted by molar-refractivity contribution is -0.117. The summed E-state index contributed by atoms with van der Waals surface area (Å²) in [6.07, 6.45) is 3.41. The fraction of sp³-hybridized carbons (Fsp3) is 0.529. The molecule has 23 heavy (non-hydrogen) atoms. The van der Waals surface area contributed by atoms with Crippen LogP contribution in [0.3, 0.4) is 0 Å². The summed E-state index contributed by atoms with van der Waals surface area (Å²) in [5.74, 6) is 0.336. The molecule has 0 radical (unpaired) electrons. The lowest BCUT2D eigenvalue weighted by atomic mass is 9.99. The molecule has 2 saturated heterocycles. The number of rotatable bonds is 3. The van der Waals surface area contributed by atoms with E-state index in [0.717, 1.165) is 43.7 Å². The molecule has 0 aromatic heterocycles. The predicted molar refractivity (Wildman–Crippen MR) is 88.4 cm³/mol. The SMILES string of the molecule is O=C(Nc1ccc(N2CCCC2=O)cc1)N1CCC[C@H](CO)C1. The molecule has 0 spiro atoms. The summed E-state index contributed by atoms with van der Waals surface area (Å²) in [6.45, 7) is 2.22. The van der Waals surface area contributed by atoms with E-state index in [2.05, 4.69) is 5.32 Å². The maximum Gasteiger partial charge on any atom is 0.321 e. The topological polar surface area (TPSA) is 72.9 Å². The van der Waals surface area contributed by atoms with Gasteiger partial charge in [-0.15, -0.1) is 0 Å². The standard InChI is InChI=1S/C17H23N3O3/c21-12-13-3-1-9-19(11-13)17(23)18-14-5-7-15(8-6-14)20-10-2-4-16(20)22/h5-8,13,21H,1-4,9-12H2,(H,18,23)/t13-/m0/s1. The number of aliphatic hydroxyl groups excluding tert-OH is 1. The number of nitrogens with one attached hydrogen (secondary N) is 1. The highest BCUT2D eigenvalue weighted by Crippen LogP contribution is 2.23. The van der Waals surface area contributed by atoms with Crippen molar-refractivity contribution in [2.75, 3.05) is 36.5 Å². The third kappa shape index (κ3) is 3.64. The van der Waals surface area contributed by atoms with Gasteiger partial charge in [-0.05, 0) is 49.4 Å². The number of piperidine rings is 1. The first kappa shape index (κ1) is 15.8. The van der Waals surface area contributed by atoms with E-state index in [9.17, 15) is 14.7 Å². The first-order valence-electron chi connectivity index (χ1n) is 8.24. The van der Waals surface area contributed by atoms with Crippen LogP contribution in [0.1, 0.15) is 25.7 Å².